The summed E-state index contributed by atoms with van der Waals surface area (Å²) in [5.74, 6) is 1.29. The Hall–Kier alpha value is 10.8. The van der Waals surface area contributed by atoms with E-state index in [1.54, 1.807) is 112 Å². The van der Waals surface area contributed by atoms with Crippen LogP contribution in [0.3, 0.4) is 0 Å². The molecule has 7 aliphatic rings. The van der Waals surface area contributed by atoms with Crippen LogP contribution in [0.2, 0.25) is 375 Å². The summed E-state index contributed by atoms with van der Waals surface area (Å²) in [6.45, 7) is 88.1. The summed E-state index contributed by atoms with van der Waals surface area (Å²) in [6, 6.07) is 18.0. The van der Waals surface area contributed by atoms with E-state index in [-0.39, 0.29) is 258 Å². The maximum Gasteiger partial charge on any atom is 0.0355 e. The van der Waals surface area contributed by atoms with E-state index >= 15 is 0 Å². The molecule has 7 fully saturated rings. The van der Waals surface area contributed by atoms with Crippen LogP contribution in [0.15, 0.2) is 0 Å². The average Bonchev–Trinajstić information content (AvgIpc) is 0.782. The molecule has 734 valence electrons. The largest absolute Gasteiger partial charge is 0.0776 e. The van der Waals surface area contributed by atoms with Crippen molar-refractivity contribution < 1.29 is 0 Å². The molecule has 0 aromatic heterocycles. The molecule has 0 aromatic carbocycles. The molecule has 0 bridgehead atoms. The van der Waals surface area contributed by atoms with Gasteiger partial charge in [-0.2, -0.15) is 0 Å². The fraction of sp³-hybridized carbons (Fsp3) is 1.00. The molecule has 0 nitrogen and oxygen atoms in total. The Bertz CT molecular complexity index is 2490. The van der Waals surface area contributed by atoms with Crippen LogP contribution in [0, 0.1) is 5.92 Å². The highest BCUT2D eigenvalue weighted by molar-refractivity contribution is 7.96. The predicted octanol–water partition coefficient (Wildman–Crippen LogP) is -3.24. The molecule has 0 aliphatic carbocycles. The molecule has 0 aromatic rings. The quantitative estimate of drug-likeness (QED) is 0.0725. The molecule has 39 unspecified atom stereocenters. The van der Waals surface area contributed by atoms with Gasteiger partial charge in [-0.05, 0) is 23.0 Å². The smallest absolute Gasteiger partial charge is 0.0355 e. The summed E-state index contributed by atoms with van der Waals surface area (Å²) >= 11 is 0. The zero-order valence-electron chi connectivity index (χ0n) is 86.1. The van der Waals surface area contributed by atoms with Crippen LogP contribution < -0.4 is 0 Å². The molecule has 7 aliphatic heterocycles. The molecule has 0 N–H and O–H groups in total. The van der Waals surface area contributed by atoms with Crippen molar-refractivity contribution in [3.8, 4) is 0 Å². The van der Waals surface area contributed by atoms with E-state index in [4.69, 9.17) is 0 Å². The summed E-state index contributed by atoms with van der Waals surface area (Å²) in [7, 11) is 15.7. The molecule has 0 amide bonds. The lowest BCUT2D eigenvalue weighted by molar-refractivity contribution is 0.673. The highest BCUT2D eigenvalue weighted by Crippen LogP contribution is 2.50. The molecular weight excluding hydrogens is 2250 g/mol. The molecule has 7 heterocycles. The van der Waals surface area contributed by atoms with Crippen LogP contribution in [-0.2, 0) is 0 Å². The first-order valence-corrected chi connectivity index (χ1v) is 195. The van der Waals surface area contributed by atoms with Crippen LogP contribution in [0.1, 0.15) is 59.4 Å². The zero-order valence-corrected chi connectivity index (χ0v) is 154. The van der Waals surface area contributed by atoms with Crippen molar-refractivity contribution in [2.45, 2.75) is 434 Å². The second-order valence-electron chi connectivity index (χ2n) is 48.4. The third-order valence-electron chi connectivity index (χ3n) is 39.7. The van der Waals surface area contributed by atoms with Gasteiger partial charge in [0.1, 0.15) is 0 Å². The van der Waals surface area contributed by atoms with Crippen molar-refractivity contribution in [3.05, 3.63) is 0 Å². The molecule has 39 atom stereocenters. The topological polar surface area (TPSA) is 0 Å². The van der Waals surface area contributed by atoms with Gasteiger partial charge in [-0.1, -0.05) is 434 Å². The average molecular weight is 2500 g/mol. The monoisotopic (exact) mass is 2490 g/mol. The summed E-state index contributed by atoms with van der Waals surface area (Å²) in [5.41, 5.74) is 24.2. The Morgan fingerprint density at radius 3 is 1.38 bits per heavy atom. The van der Waals surface area contributed by atoms with Crippen LogP contribution in [0.4, 0.5) is 0 Å². The number of hydrogen-bond donors (Lipinski definition) is 0. The van der Waals surface area contributed by atoms with Crippen molar-refractivity contribution in [3.63, 3.8) is 0 Å². The Morgan fingerprint density at radius 2 is 0.908 bits per heavy atom. The number of fused-ring (bicyclic) bond motifs is 1. The van der Waals surface area contributed by atoms with Crippen molar-refractivity contribution >= 4 is 435 Å². The standard InChI is InChI=1S/C14H46Si9.C12H42Si9.C10H34Si8.C9H38Si10.C9H34Si8.C8H28Si6.8CH4/c1-17-19(3)12-21(5)23(7)20(4)11-13(14(16)22(23)6)10-18(2)9-8-15;1-15-17(3)9-16(2)10-19(5)21(7)18(4)8-11(13)12(14)20(21)6;1-13-8-17(5)7-9(11)10(12)14(2)18(17,6)16(4)15(13)3;1-12-6-16(2)7-18(4)19-15-14-13-9(11)8(10)5-17(19)3;1-11-7-14(2)8-16(4)17-13-6-12-9(10)5-15(17)3;1-10-12(2)7-13(3)14(4)6-8(9)5-11-14;;;;;;;;/h13-14,18-22H,8-12,17H2,1-7,15-16H3;11-12,16-20H,8-10,15H2,1-7,13-14H3;9-10,13-16H,7-8H2,1-6,11-12H3;8-9,16-19H,5-7,12-15H2,1-4,10-11H3;9,14-17H,5-8,11-13H2,1-4,10H3;8,12-13H,5-7,10-11H2,1-4,9H3;8*1H4. The van der Waals surface area contributed by atoms with Crippen LogP contribution in [0.25, 0.3) is 0 Å². The normalized spacial score (nSPS) is 40.8. The molecular formula is C70H254Si50. The van der Waals surface area contributed by atoms with Gasteiger partial charge in [-0.15, -0.1) is 0 Å². The van der Waals surface area contributed by atoms with E-state index in [1.165, 1.54) is 74.4 Å². The van der Waals surface area contributed by atoms with Gasteiger partial charge in [0.25, 0.3) is 0 Å². The van der Waals surface area contributed by atoms with Gasteiger partial charge in [-0.25, -0.2) is 0 Å². The Kier molecular flexibility index (Phi) is 85.5. The van der Waals surface area contributed by atoms with Crippen molar-refractivity contribution in [1.82, 2.24) is 0 Å². The predicted molar refractivity (Wildman–Crippen MR) is 769 cm³/mol. The minimum Gasteiger partial charge on any atom is -0.0776 e. The first-order valence-electron chi connectivity index (χ1n) is 51.9. The number of hydrogen-bond acceptors (Lipinski definition) is 0. The van der Waals surface area contributed by atoms with Crippen LogP contribution >= 0.6 is 0 Å². The highest BCUT2D eigenvalue weighted by atomic mass is 30.1. The lowest BCUT2D eigenvalue weighted by Crippen LogP contribution is -2.85. The zero-order chi connectivity index (χ0) is 86.1. The Morgan fingerprint density at radius 1 is 0.458 bits per heavy atom. The van der Waals surface area contributed by atoms with Crippen LogP contribution in [0.5, 0.6) is 0 Å². The third kappa shape index (κ3) is 44.4. The van der Waals surface area contributed by atoms with Crippen molar-refractivity contribution in [2.75, 3.05) is 0 Å². The molecule has 7 saturated heterocycles. The fourth-order valence-electron chi connectivity index (χ4n) is 28.7. The third-order valence-corrected chi connectivity index (χ3v) is 593. The lowest BCUT2D eigenvalue weighted by Gasteiger charge is -2.63. The molecule has 0 saturated carbocycles. The van der Waals surface area contributed by atoms with Gasteiger partial charge in [-0.3, -0.25) is 0 Å². The minimum absolute atomic E-state index is 0. The molecule has 0 radical (unpaired) electrons. The Labute approximate surface area is 863 Å². The molecule has 50 heteroatoms. The fourth-order valence-corrected chi connectivity index (χ4v) is 820. The van der Waals surface area contributed by atoms with E-state index in [1.807, 2.05) is 87.3 Å². The van der Waals surface area contributed by atoms with Gasteiger partial charge < -0.3 is 0 Å². The maximum atomic E-state index is 3.04. The summed E-state index contributed by atoms with van der Waals surface area (Å²) in [4.78, 5) is 0. The first-order chi connectivity index (χ1) is 51.9. The van der Waals surface area contributed by atoms with Crippen LogP contribution in [-0.4, -0.2) is 435 Å². The maximum absolute atomic E-state index is 3.04. The van der Waals surface area contributed by atoms with Gasteiger partial charge in [0.05, 0.1) is 0 Å². The summed E-state index contributed by atoms with van der Waals surface area (Å²) < 4.78 is 0. The van der Waals surface area contributed by atoms with Gasteiger partial charge in [0.15, 0.2) is 0 Å². The molecule has 0 spiro atoms. The molecule has 7 rings (SSSR count). The van der Waals surface area contributed by atoms with E-state index < -0.39 is 34.6 Å². The van der Waals surface area contributed by atoms with Gasteiger partial charge >= 0.3 is 0 Å². The summed E-state index contributed by atoms with van der Waals surface area (Å²) in [5, 5.41) is 7.01. The first kappa shape index (κ1) is 144. The van der Waals surface area contributed by atoms with E-state index in [0.717, 1.165) is 0 Å². The summed E-state index contributed by atoms with van der Waals surface area (Å²) in [6.07, 6.45) is 0. The van der Waals surface area contributed by atoms with Gasteiger partial charge in [0.2, 0.25) is 0 Å². The SMILES string of the molecule is C.C.C.C.C.C.C.C.C[SiH2]C[SiH](C)C[SiH](C)[SiH]1[SiH2]C[SiH2]C([SiH3])C[SiH]1C.C[SiH2]C[SiH](C)C[SiH](C)[SiH]1[SiH2][SiH2][SiH2]C([SiH3])C([SiH3])C[SiH]1C.C[SiH2][SiH](C)C[SiH](C)C[SiH](C)[Si]1(C)[SiH](C)CC([SiH3])C([SiH3])[SiH]1C.C[SiH2][SiH](C)C[SiH](C)[Si]1(C)CC([SiH3])C[SiH2]1.C[SiH2][SiH](C)C[SiH](C)[Si]1(C)[SiH](C)CC(C[SiH](C)CC[SiH3])C([SiH3])[SiH]1C.C[SiH]1C[Si]2(C)CC([SiH3])C([SiH3])[SiH](C)[Si]2(C)[SiH](C)[SiH]1C. The lowest BCUT2D eigenvalue weighted by atomic mass is 10.2. The van der Waals surface area contributed by atoms with Crippen molar-refractivity contribution in [2.24, 2.45) is 5.92 Å². The highest BCUT2D eigenvalue weighted by Gasteiger charge is 2.64. The molecule has 120 heavy (non-hydrogen) atoms. The van der Waals surface area contributed by atoms with E-state index in [9.17, 15) is 0 Å². The Balaban J connectivity index is -0.000000253. The number of rotatable bonds is 28. The second-order valence-corrected chi connectivity index (χ2v) is 362. The van der Waals surface area contributed by atoms with E-state index in [2.05, 4.69) is 210 Å². The minimum atomic E-state index is -0.698. The van der Waals surface area contributed by atoms with Gasteiger partial charge in [0, 0.05) is 418 Å². The van der Waals surface area contributed by atoms with E-state index in [0.29, 0.717) is 99.9 Å². The second kappa shape index (κ2) is 71.3. The van der Waals surface area contributed by atoms with Crippen molar-refractivity contribution in [1.29, 1.82) is 0 Å².